The molecule has 1 aromatic carbocycles. The number of hydrogen-bond donors (Lipinski definition) is 1. The Balaban J connectivity index is 2.58. The number of aryl methyl sites for hydroxylation is 2. The van der Waals surface area contributed by atoms with E-state index < -0.39 is 5.97 Å². The highest BCUT2D eigenvalue weighted by molar-refractivity contribution is 5.94. The molecule has 0 bridgehead atoms. The highest BCUT2D eigenvalue weighted by Crippen LogP contribution is 2.34. The monoisotopic (exact) mass is 286 g/mol. The Bertz CT molecular complexity index is 696. The predicted molar refractivity (Wildman–Crippen MR) is 81.5 cm³/mol. The van der Waals surface area contributed by atoms with Crippen LogP contribution in [0.15, 0.2) is 24.3 Å². The summed E-state index contributed by atoms with van der Waals surface area (Å²) in [5.41, 5.74) is 9.77. The van der Waals surface area contributed by atoms with Crippen molar-refractivity contribution in [2.45, 2.75) is 13.8 Å². The molecule has 110 valence electrons. The van der Waals surface area contributed by atoms with Crippen molar-refractivity contribution in [3.63, 3.8) is 0 Å². The van der Waals surface area contributed by atoms with E-state index in [4.69, 9.17) is 10.5 Å². The summed E-state index contributed by atoms with van der Waals surface area (Å²) in [5.74, 6) is 0.366. The van der Waals surface area contributed by atoms with Crippen LogP contribution in [0.25, 0.3) is 11.3 Å². The third kappa shape index (κ3) is 2.81. The van der Waals surface area contributed by atoms with E-state index in [1.54, 1.807) is 19.2 Å². The first kappa shape index (κ1) is 14.8. The van der Waals surface area contributed by atoms with Gasteiger partial charge in [0.25, 0.3) is 0 Å². The van der Waals surface area contributed by atoms with Crippen LogP contribution in [0.5, 0.6) is 5.75 Å². The molecule has 0 fully saturated rings. The maximum Gasteiger partial charge on any atom is 0.341 e. The third-order valence-electron chi connectivity index (χ3n) is 3.25. The van der Waals surface area contributed by atoms with Crippen LogP contribution in [0, 0.1) is 13.8 Å². The zero-order valence-electron chi connectivity index (χ0n) is 12.6. The molecule has 1 aromatic heterocycles. The number of benzene rings is 1. The lowest BCUT2D eigenvalue weighted by atomic mass is 10.0. The molecule has 5 heteroatoms. The van der Waals surface area contributed by atoms with Crippen LogP contribution < -0.4 is 10.5 Å². The maximum atomic E-state index is 11.5. The number of carbonyl (C=O) groups excluding carboxylic acids is 1. The van der Waals surface area contributed by atoms with Gasteiger partial charge >= 0.3 is 5.97 Å². The number of pyridine rings is 1. The van der Waals surface area contributed by atoms with Crippen molar-refractivity contribution in [2.24, 2.45) is 0 Å². The van der Waals surface area contributed by atoms with Gasteiger partial charge < -0.3 is 15.2 Å². The van der Waals surface area contributed by atoms with Crippen LogP contribution in [0.2, 0.25) is 0 Å². The average Bonchev–Trinajstić information content (AvgIpc) is 2.45. The first-order valence-electron chi connectivity index (χ1n) is 6.48. The summed E-state index contributed by atoms with van der Waals surface area (Å²) in [7, 11) is 2.92. The van der Waals surface area contributed by atoms with Crippen molar-refractivity contribution >= 4 is 11.8 Å². The summed E-state index contributed by atoms with van der Waals surface area (Å²) in [5, 5.41) is 0. The van der Waals surface area contributed by atoms with Crippen molar-refractivity contribution in [1.82, 2.24) is 4.98 Å². The zero-order chi connectivity index (χ0) is 15.6. The molecule has 0 saturated carbocycles. The molecule has 0 aliphatic rings. The van der Waals surface area contributed by atoms with Gasteiger partial charge in [0.2, 0.25) is 0 Å². The Morgan fingerprint density at radius 1 is 1.19 bits per heavy atom. The summed E-state index contributed by atoms with van der Waals surface area (Å²) in [6, 6.07) is 7.34. The normalized spacial score (nSPS) is 10.3. The van der Waals surface area contributed by atoms with Crippen molar-refractivity contribution in [2.75, 3.05) is 20.0 Å². The molecule has 0 aliphatic carbocycles. The minimum absolute atomic E-state index is 0.140. The lowest BCUT2D eigenvalue weighted by Gasteiger charge is -2.13. The van der Waals surface area contributed by atoms with Crippen LogP contribution in [-0.4, -0.2) is 25.2 Å². The standard InChI is InChI=1S/C16H18N2O3/c1-9-7-10(2)14(13(8-9)20-3)12-6-5-11(15(17)18-12)16(19)21-4/h5-8H,1-4H3,(H2,17,18). The molecule has 0 spiro atoms. The van der Waals surface area contributed by atoms with Gasteiger partial charge in [-0.2, -0.15) is 0 Å². The molecular weight excluding hydrogens is 268 g/mol. The summed E-state index contributed by atoms with van der Waals surface area (Å²) in [6.07, 6.45) is 0. The van der Waals surface area contributed by atoms with Gasteiger partial charge in [0, 0.05) is 5.56 Å². The van der Waals surface area contributed by atoms with Crippen LogP contribution >= 0.6 is 0 Å². The number of nitrogens with zero attached hydrogens (tertiary/aromatic N) is 1. The number of esters is 1. The second-order valence-corrected chi connectivity index (χ2v) is 4.78. The minimum atomic E-state index is -0.501. The first-order valence-corrected chi connectivity index (χ1v) is 6.48. The molecule has 0 aliphatic heterocycles. The number of aromatic nitrogens is 1. The van der Waals surface area contributed by atoms with Gasteiger partial charge in [0.05, 0.1) is 19.9 Å². The van der Waals surface area contributed by atoms with E-state index >= 15 is 0 Å². The highest BCUT2D eigenvalue weighted by Gasteiger charge is 2.16. The van der Waals surface area contributed by atoms with Crippen molar-refractivity contribution < 1.29 is 14.3 Å². The fourth-order valence-electron chi connectivity index (χ4n) is 2.31. The van der Waals surface area contributed by atoms with Gasteiger partial charge in [-0.1, -0.05) is 6.07 Å². The maximum absolute atomic E-state index is 11.5. The second-order valence-electron chi connectivity index (χ2n) is 4.78. The quantitative estimate of drug-likeness (QED) is 0.878. The van der Waals surface area contributed by atoms with Gasteiger partial charge in [-0.15, -0.1) is 0 Å². The van der Waals surface area contributed by atoms with E-state index in [-0.39, 0.29) is 11.4 Å². The Hall–Kier alpha value is -2.56. The molecule has 2 N–H and O–H groups in total. The number of methoxy groups -OCH3 is 2. The number of anilines is 1. The van der Waals surface area contributed by atoms with Crippen molar-refractivity contribution in [1.29, 1.82) is 0 Å². The summed E-state index contributed by atoms with van der Waals surface area (Å²) in [6.45, 7) is 3.98. The molecule has 2 rings (SSSR count). The van der Waals surface area contributed by atoms with Gasteiger partial charge in [0.15, 0.2) is 0 Å². The van der Waals surface area contributed by atoms with Crippen LogP contribution in [0.4, 0.5) is 5.82 Å². The summed E-state index contributed by atoms with van der Waals surface area (Å²) in [4.78, 5) is 15.9. The molecule has 0 saturated heterocycles. The van der Waals surface area contributed by atoms with E-state index in [0.29, 0.717) is 5.69 Å². The molecule has 21 heavy (non-hydrogen) atoms. The minimum Gasteiger partial charge on any atom is -0.496 e. The predicted octanol–water partition coefficient (Wildman–Crippen LogP) is 2.74. The van der Waals surface area contributed by atoms with Gasteiger partial charge in [0.1, 0.15) is 17.1 Å². The third-order valence-corrected chi connectivity index (χ3v) is 3.25. The number of nitrogens with two attached hydrogens (primary N) is 1. The number of nitrogen functional groups attached to an aromatic ring is 1. The topological polar surface area (TPSA) is 74.4 Å². The summed E-state index contributed by atoms with van der Waals surface area (Å²) >= 11 is 0. The van der Waals surface area contributed by atoms with Gasteiger partial charge in [-0.25, -0.2) is 9.78 Å². The lowest BCUT2D eigenvalue weighted by Crippen LogP contribution is -2.08. The molecular formula is C16H18N2O3. The van der Waals surface area contributed by atoms with E-state index in [1.807, 2.05) is 26.0 Å². The number of rotatable bonds is 3. The van der Waals surface area contributed by atoms with E-state index in [9.17, 15) is 4.79 Å². The molecule has 0 amide bonds. The smallest absolute Gasteiger partial charge is 0.341 e. The number of hydrogen-bond acceptors (Lipinski definition) is 5. The molecule has 0 atom stereocenters. The van der Waals surface area contributed by atoms with Crippen LogP contribution in [0.3, 0.4) is 0 Å². The molecule has 0 unspecified atom stereocenters. The molecule has 1 heterocycles. The van der Waals surface area contributed by atoms with E-state index in [1.165, 1.54) is 7.11 Å². The zero-order valence-corrected chi connectivity index (χ0v) is 12.6. The fourth-order valence-corrected chi connectivity index (χ4v) is 2.31. The molecule has 2 aromatic rings. The van der Waals surface area contributed by atoms with E-state index in [0.717, 1.165) is 22.4 Å². The van der Waals surface area contributed by atoms with Crippen LogP contribution in [0.1, 0.15) is 21.5 Å². The largest absolute Gasteiger partial charge is 0.496 e. The average molecular weight is 286 g/mol. The van der Waals surface area contributed by atoms with Crippen LogP contribution in [-0.2, 0) is 4.74 Å². The fraction of sp³-hybridized carbons (Fsp3) is 0.250. The van der Waals surface area contributed by atoms with Gasteiger partial charge in [-0.05, 0) is 43.2 Å². The Labute approximate surface area is 123 Å². The SMILES string of the molecule is COC(=O)c1ccc(-c2c(C)cc(C)cc2OC)nc1N. The summed E-state index contributed by atoms with van der Waals surface area (Å²) < 4.78 is 10.1. The van der Waals surface area contributed by atoms with E-state index in [2.05, 4.69) is 9.72 Å². The highest BCUT2D eigenvalue weighted by atomic mass is 16.5. The van der Waals surface area contributed by atoms with Crippen molar-refractivity contribution in [3.05, 3.63) is 41.0 Å². The Kier molecular flexibility index (Phi) is 4.12. The molecule has 5 nitrogen and oxygen atoms in total. The Morgan fingerprint density at radius 3 is 2.48 bits per heavy atom. The van der Waals surface area contributed by atoms with Gasteiger partial charge in [-0.3, -0.25) is 0 Å². The Morgan fingerprint density at radius 2 is 1.90 bits per heavy atom. The first-order chi connectivity index (χ1) is 9.97. The lowest BCUT2D eigenvalue weighted by molar-refractivity contribution is 0.0601. The molecule has 0 radical (unpaired) electrons. The second kappa shape index (κ2) is 5.83. The number of ether oxygens (including phenoxy) is 2. The number of carbonyl (C=O) groups is 1. The van der Waals surface area contributed by atoms with Crippen molar-refractivity contribution in [3.8, 4) is 17.0 Å².